The SMILES string of the molecule is COc1ccc([C@H](OC(=O)Nc2ccc3c(c2)OCO3)[C@H](/C=C/C(=O)Nc2ccccc2N)OC)cc1O. The molecule has 0 aromatic heterocycles. The first-order chi connectivity index (χ1) is 18.4. The Morgan fingerprint density at radius 3 is 2.55 bits per heavy atom. The van der Waals surface area contributed by atoms with Crippen molar-refractivity contribution < 1.29 is 38.4 Å². The van der Waals surface area contributed by atoms with Crippen LogP contribution in [-0.4, -0.2) is 44.2 Å². The largest absolute Gasteiger partial charge is 0.504 e. The van der Waals surface area contributed by atoms with Crippen molar-refractivity contribution in [3.63, 3.8) is 0 Å². The predicted molar refractivity (Wildman–Crippen MR) is 139 cm³/mol. The zero-order valence-corrected chi connectivity index (χ0v) is 20.7. The highest BCUT2D eigenvalue weighted by molar-refractivity contribution is 6.01. The molecular weight excluding hydrogens is 494 g/mol. The molecule has 0 aliphatic carbocycles. The van der Waals surface area contributed by atoms with Gasteiger partial charge in [0.25, 0.3) is 0 Å². The first-order valence-corrected chi connectivity index (χ1v) is 11.5. The molecule has 2 atom stereocenters. The van der Waals surface area contributed by atoms with Crippen LogP contribution in [0.4, 0.5) is 21.9 Å². The van der Waals surface area contributed by atoms with Gasteiger partial charge in [-0.05, 0) is 48.0 Å². The number of hydrogen-bond acceptors (Lipinski definition) is 9. The first kappa shape index (κ1) is 26.2. The van der Waals surface area contributed by atoms with Gasteiger partial charge < -0.3 is 39.8 Å². The highest BCUT2D eigenvalue weighted by Crippen LogP contribution is 2.35. The van der Waals surface area contributed by atoms with E-state index in [0.29, 0.717) is 34.1 Å². The quantitative estimate of drug-likeness (QED) is 0.240. The van der Waals surface area contributed by atoms with E-state index in [9.17, 15) is 14.7 Å². The Bertz CT molecular complexity index is 1340. The van der Waals surface area contributed by atoms with E-state index in [0.717, 1.165) is 0 Å². The van der Waals surface area contributed by atoms with Gasteiger partial charge in [0, 0.05) is 24.9 Å². The topological polar surface area (TPSA) is 151 Å². The summed E-state index contributed by atoms with van der Waals surface area (Å²) in [5.41, 5.74) is 7.56. The Balaban J connectivity index is 1.54. The third-order valence-electron chi connectivity index (χ3n) is 5.61. The molecule has 3 aromatic rings. The molecule has 0 saturated carbocycles. The number of carbonyl (C=O) groups excluding carboxylic acids is 2. The summed E-state index contributed by atoms with van der Waals surface area (Å²) in [6.45, 7) is 0.0958. The number of hydrogen-bond donors (Lipinski definition) is 4. The maximum absolute atomic E-state index is 12.9. The Labute approximate surface area is 218 Å². The summed E-state index contributed by atoms with van der Waals surface area (Å²) < 4.78 is 27.0. The minimum absolute atomic E-state index is 0.0958. The number of para-hydroxylation sites is 2. The van der Waals surface area contributed by atoms with E-state index >= 15 is 0 Å². The molecule has 0 unspecified atom stereocenters. The Kier molecular flexibility index (Phi) is 8.19. The summed E-state index contributed by atoms with van der Waals surface area (Å²) in [6.07, 6.45) is -0.0911. The molecule has 11 heteroatoms. The minimum atomic E-state index is -1.06. The van der Waals surface area contributed by atoms with Gasteiger partial charge in [-0.25, -0.2) is 4.79 Å². The van der Waals surface area contributed by atoms with E-state index < -0.39 is 24.2 Å². The molecule has 1 heterocycles. The smallest absolute Gasteiger partial charge is 0.412 e. The van der Waals surface area contributed by atoms with Crippen molar-refractivity contribution in [1.29, 1.82) is 0 Å². The van der Waals surface area contributed by atoms with Crippen LogP contribution >= 0.6 is 0 Å². The number of anilines is 3. The van der Waals surface area contributed by atoms with Gasteiger partial charge in [0.1, 0.15) is 6.10 Å². The van der Waals surface area contributed by atoms with E-state index in [2.05, 4.69) is 10.6 Å². The van der Waals surface area contributed by atoms with E-state index in [-0.39, 0.29) is 18.3 Å². The Morgan fingerprint density at radius 2 is 1.82 bits per heavy atom. The highest BCUT2D eigenvalue weighted by atomic mass is 16.7. The monoisotopic (exact) mass is 521 g/mol. The van der Waals surface area contributed by atoms with Crippen molar-refractivity contribution >= 4 is 29.1 Å². The summed E-state index contributed by atoms with van der Waals surface area (Å²) >= 11 is 0. The lowest BCUT2D eigenvalue weighted by Gasteiger charge is -2.25. The van der Waals surface area contributed by atoms with Gasteiger partial charge in [0.05, 0.1) is 18.5 Å². The molecule has 198 valence electrons. The molecule has 11 nitrogen and oxygen atoms in total. The van der Waals surface area contributed by atoms with Gasteiger partial charge in [-0.3, -0.25) is 10.1 Å². The highest BCUT2D eigenvalue weighted by Gasteiger charge is 2.27. The maximum atomic E-state index is 12.9. The van der Waals surface area contributed by atoms with Crippen molar-refractivity contribution in [1.82, 2.24) is 0 Å². The van der Waals surface area contributed by atoms with Crippen molar-refractivity contribution in [2.75, 3.05) is 37.4 Å². The molecule has 0 fully saturated rings. The summed E-state index contributed by atoms with van der Waals surface area (Å²) in [5, 5.41) is 15.6. The number of nitrogens with one attached hydrogen (secondary N) is 2. The van der Waals surface area contributed by atoms with Crippen LogP contribution in [0.25, 0.3) is 0 Å². The van der Waals surface area contributed by atoms with E-state index in [1.54, 1.807) is 48.5 Å². The van der Waals surface area contributed by atoms with E-state index in [1.807, 2.05) is 0 Å². The normalized spacial score (nSPS) is 13.5. The van der Waals surface area contributed by atoms with Crippen LogP contribution in [0, 0.1) is 0 Å². The van der Waals surface area contributed by atoms with Crippen LogP contribution in [0.2, 0.25) is 0 Å². The number of phenols is 1. The second kappa shape index (κ2) is 11.9. The molecule has 3 aromatic carbocycles. The molecule has 1 aliphatic rings. The fourth-order valence-corrected chi connectivity index (χ4v) is 3.72. The number of phenolic OH excluding ortho intramolecular Hbond substituents is 1. The van der Waals surface area contributed by atoms with Crippen LogP contribution in [0.15, 0.2) is 72.8 Å². The first-order valence-electron chi connectivity index (χ1n) is 11.5. The number of amides is 2. The fourth-order valence-electron chi connectivity index (χ4n) is 3.72. The van der Waals surface area contributed by atoms with Gasteiger partial charge in [0.2, 0.25) is 12.7 Å². The lowest BCUT2D eigenvalue weighted by molar-refractivity contribution is -0.112. The molecule has 0 spiro atoms. The Morgan fingerprint density at radius 1 is 1.03 bits per heavy atom. The number of aromatic hydroxyl groups is 1. The fraction of sp³-hybridized carbons (Fsp3) is 0.185. The molecule has 4 rings (SSSR count). The molecule has 0 saturated heterocycles. The summed E-state index contributed by atoms with van der Waals surface area (Å²) in [5.74, 6) is 0.663. The van der Waals surface area contributed by atoms with Crippen molar-refractivity contribution in [3.05, 3.63) is 78.4 Å². The molecular formula is C27H27N3O8. The average molecular weight is 522 g/mol. The number of nitrogens with two attached hydrogens (primary N) is 1. The van der Waals surface area contributed by atoms with Gasteiger partial charge in [-0.15, -0.1) is 0 Å². The van der Waals surface area contributed by atoms with Crippen LogP contribution in [0.5, 0.6) is 23.0 Å². The molecule has 5 N–H and O–H groups in total. The van der Waals surface area contributed by atoms with Gasteiger partial charge in [-0.2, -0.15) is 0 Å². The second-order valence-corrected chi connectivity index (χ2v) is 8.09. The third kappa shape index (κ3) is 6.26. The summed E-state index contributed by atoms with van der Waals surface area (Å²) in [7, 11) is 2.82. The van der Waals surface area contributed by atoms with Crippen LogP contribution in [-0.2, 0) is 14.3 Å². The van der Waals surface area contributed by atoms with Crippen LogP contribution in [0.1, 0.15) is 11.7 Å². The number of ether oxygens (including phenoxy) is 5. The maximum Gasteiger partial charge on any atom is 0.412 e. The number of carbonyl (C=O) groups is 2. The van der Waals surface area contributed by atoms with Crippen molar-refractivity contribution in [2.45, 2.75) is 12.2 Å². The number of methoxy groups -OCH3 is 2. The van der Waals surface area contributed by atoms with Gasteiger partial charge in [-0.1, -0.05) is 18.2 Å². The average Bonchev–Trinajstić information content (AvgIpc) is 3.37. The second-order valence-electron chi connectivity index (χ2n) is 8.09. The number of benzene rings is 3. The van der Waals surface area contributed by atoms with Crippen LogP contribution < -0.4 is 30.6 Å². The molecule has 2 amide bonds. The summed E-state index contributed by atoms with van der Waals surface area (Å²) in [6, 6.07) is 16.3. The zero-order valence-electron chi connectivity index (χ0n) is 20.7. The Hall–Kier alpha value is -4.90. The predicted octanol–water partition coefficient (Wildman–Crippen LogP) is 4.21. The minimum Gasteiger partial charge on any atom is -0.504 e. The molecule has 1 aliphatic heterocycles. The van der Waals surface area contributed by atoms with Gasteiger partial charge in [0.15, 0.2) is 29.1 Å². The molecule has 0 bridgehead atoms. The summed E-state index contributed by atoms with van der Waals surface area (Å²) in [4.78, 5) is 25.4. The lowest BCUT2D eigenvalue weighted by Crippen LogP contribution is -2.27. The lowest BCUT2D eigenvalue weighted by atomic mass is 10.0. The number of fused-ring (bicyclic) bond motifs is 1. The van der Waals surface area contributed by atoms with E-state index in [1.165, 1.54) is 38.5 Å². The van der Waals surface area contributed by atoms with Gasteiger partial charge >= 0.3 is 6.09 Å². The molecule has 0 radical (unpaired) electrons. The molecule has 38 heavy (non-hydrogen) atoms. The number of nitrogen functional groups attached to an aromatic ring is 1. The number of rotatable bonds is 9. The zero-order chi connectivity index (χ0) is 27.1. The van der Waals surface area contributed by atoms with Crippen LogP contribution in [0.3, 0.4) is 0 Å². The van der Waals surface area contributed by atoms with Crippen molar-refractivity contribution in [3.8, 4) is 23.0 Å². The van der Waals surface area contributed by atoms with Crippen molar-refractivity contribution in [2.24, 2.45) is 0 Å². The standard InChI is InChI=1S/C27H27N3O8/c1-34-21-9-7-16(13-20(21)31)26(38-27(33)29-17-8-10-22-24(14-17)37-15-36-22)23(35-2)11-12-25(32)30-19-6-4-3-5-18(19)28/h3-14,23,26,31H,15,28H2,1-2H3,(H,29,33)(H,30,32)/b12-11+/t23-,26-/m0/s1. The van der Waals surface area contributed by atoms with E-state index in [4.69, 9.17) is 29.4 Å². The third-order valence-corrected chi connectivity index (χ3v) is 5.61.